The molecule has 0 aliphatic rings. The van der Waals surface area contributed by atoms with Gasteiger partial charge in [0.1, 0.15) is 0 Å². The molecule has 0 saturated carbocycles. The molecule has 0 bridgehead atoms. The van der Waals surface area contributed by atoms with Crippen LogP contribution in [0.5, 0.6) is 0 Å². The normalized spacial score (nSPS) is 11.1. The lowest BCUT2D eigenvalue weighted by Gasteiger charge is -2.07. The third-order valence-corrected chi connectivity index (χ3v) is 5.49. The second-order valence-electron chi connectivity index (χ2n) is 5.69. The van der Waals surface area contributed by atoms with E-state index in [2.05, 4.69) is 36.7 Å². The standard InChI is InChI=1S/C19H17BrClN5OS/c1-2-26-18(14-5-9-16(21)10-6-14)24-25-19(26)28-12-17(27)23-22-11-13-3-7-15(20)8-4-13/h3-11H,2,12H2,1H3,(H,23,27). The Balaban J connectivity index is 1.58. The summed E-state index contributed by atoms with van der Waals surface area (Å²) >= 11 is 10.6. The maximum absolute atomic E-state index is 12.0. The molecule has 28 heavy (non-hydrogen) atoms. The molecule has 0 atom stereocenters. The van der Waals surface area contributed by atoms with Gasteiger partial charge in [0, 0.05) is 21.6 Å². The van der Waals surface area contributed by atoms with E-state index in [4.69, 9.17) is 11.6 Å². The minimum Gasteiger partial charge on any atom is -0.302 e. The third-order valence-electron chi connectivity index (χ3n) is 3.74. The summed E-state index contributed by atoms with van der Waals surface area (Å²) in [5.74, 6) is 0.726. The van der Waals surface area contributed by atoms with Crippen molar-refractivity contribution >= 4 is 51.4 Å². The number of benzene rings is 2. The van der Waals surface area contributed by atoms with Crippen molar-refractivity contribution in [3.05, 3.63) is 63.6 Å². The van der Waals surface area contributed by atoms with Gasteiger partial charge in [-0.15, -0.1) is 10.2 Å². The van der Waals surface area contributed by atoms with Crippen LogP contribution >= 0.6 is 39.3 Å². The fourth-order valence-electron chi connectivity index (χ4n) is 2.38. The van der Waals surface area contributed by atoms with Crippen LogP contribution in [0.2, 0.25) is 5.02 Å². The van der Waals surface area contributed by atoms with E-state index < -0.39 is 0 Å². The minimum atomic E-state index is -0.211. The van der Waals surface area contributed by atoms with Crippen molar-refractivity contribution in [2.75, 3.05) is 5.75 Å². The predicted octanol–water partition coefficient (Wildman–Crippen LogP) is 4.62. The van der Waals surface area contributed by atoms with Gasteiger partial charge in [0.2, 0.25) is 0 Å². The van der Waals surface area contributed by atoms with Crippen LogP contribution in [-0.4, -0.2) is 32.6 Å². The highest BCUT2D eigenvalue weighted by molar-refractivity contribution is 9.10. The van der Waals surface area contributed by atoms with Crippen molar-refractivity contribution in [2.45, 2.75) is 18.6 Å². The first-order valence-electron chi connectivity index (χ1n) is 8.46. The maximum Gasteiger partial charge on any atom is 0.250 e. The monoisotopic (exact) mass is 477 g/mol. The number of rotatable bonds is 7. The zero-order chi connectivity index (χ0) is 19.9. The summed E-state index contributed by atoms with van der Waals surface area (Å²) in [5.41, 5.74) is 4.35. The quantitative estimate of drug-likeness (QED) is 0.305. The Bertz CT molecular complexity index is 973. The number of hydrazone groups is 1. The second-order valence-corrected chi connectivity index (χ2v) is 7.99. The Morgan fingerprint density at radius 1 is 1.21 bits per heavy atom. The molecule has 9 heteroatoms. The topological polar surface area (TPSA) is 72.2 Å². The zero-order valence-corrected chi connectivity index (χ0v) is 18.1. The Morgan fingerprint density at radius 3 is 2.61 bits per heavy atom. The van der Waals surface area contributed by atoms with Gasteiger partial charge in [0.15, 0.2) is 11.0 Å². The molecule has 144 valence electrons. The summed E-state index contributed by atoms with van der Waals surface area (Å²) in [5, 5.41) is 13.8. The molecule has 3 rings (SSSR count). The van der Waals surface area contributed by atoms with E-state index in [1.165, 1.54) is 11.8 Å². The Hall–Kier alpha value is -2.16. The summed E-state index contributed by atoms with van der Waals surface area (Å²) in [4.78, 5) is 12.0. The number of hydrogen-bond donors (Lipinski definition) is 1. The number of nitrogens with zero attached hydrogens (tertiary/aromatic N) is 4. The van der Waals surface area contributed by atoms with Crippen LogP contribution in [0, 0.1) is 0 Å². The molecule has 1 aromatic heterocycles. The lowest BCUT2D eigenvalue weighted by molar-refractivity contribution is -0.118. The van der Waals surface area contributed by atoms with Crippen molar-refractivity contribution in [1.82, 2.24) is 20.2 Å². The molecule has 0 radical (unpaired) electrons. The highest BCUT2D eigenvalue weighted by atomic mass is 79.9. The van der Waals surface area contributed by atoms with E-state index >= 15 is 0 Å². The minimum absolute atomic E-state index is 0.191. The first-order chi connectivity index (χ1) is 13.6. The van der Waals surface area contributed by atoms with Crippen LogP contribution < -0.4 is 5.43 Å². The number of carbonyl (C=O) groups excluding carboxylic acids is 1. The Kier molecular flexibility index (Phi) is 7.24. The summed E-state index contributed by atoms with van der Waals surface area (Å²) < 4.78 is 2.95. The fraction of sp³-hybridized carbons (Fsp3) is 0.158. The van der Waals surface area contributed by atoms with Gasteiger partial charge in [-0.1, -0.05) is 51.4 Å². The SMILES string of the molecule is CCn1c(SCC(=O)NN=Cc2ccc(Br)cc2)nnc1-c1ccc(Cl)cc1. The summed E-state index contributed by atoms with van der Waals surface area (Å²) in [6.45, 7) is 2.70. The van der Waals surface area contributed by atoms with E-state index in [0.29, 0.717) is 16.7 Å². The first-order valence-corrected chi connectivity index (χ1v) is 10.6. The van der Waals surface area contributed by atoms with E-state index in [-0.39, 0.29) is 11.7 Å². The molecule has 2 aromatic carbocycles. The molecule has 6 nitrogen and oxygen atoms in total. The molecule has 0 aliphatic heterocycles. The second kappa shape index (κ2) is 9.86. The van der Waals surface area contributed by atoms with Crippen molar-refractivity contribution in [3.63, 3.8) is 0 Å². The Morgan fingerprint density at radius 2 is 1.93 bits per heavy atom. The van der Waals surface area contributed by atoms with Crippen LogP contribution in [0.25, 0.3) is 11.4 Å². The highest BCUT2D eigenvalue weighted by Crippen LogP contribution is 2.25. The van der Waals surface area contributed by atoms with Gasteiger partial charge in [-0.3, -0.25) is 4.79 Å². The average molecular weight is 479 g/mol. The molecule has 0 fully saturated rings. The highest BCUT2D eigenvalue weighted by Gasteiger charge is 2.14. The largest absolute Gasteiger partial charge is 0.302 e. The van der Waals surface area contributed by atoms with Gasteiger partial charge in [-0.25, -0.2) is 5.43 Å². The molecule has 1 amide bonds. The van der Waals surface area contributed by atoms with E-state index in [9.17, 15) is 4.79 Å². The lowest BCUT2D eigenvalue weighted by Crippen LogP contribution is -2.20. The van der Waals surface area contributed by atoms with Crippen molar-refractivity contribution in [1.29, 1.82) is 0 Å². The number of aromatic nitrogens is 3. The van der Waals surface area contributed by atoms with Crippen LogP contribution in [0.4, 0.5) is 0 Å². The molecule has 1 N–H and O–H groups in total. The molecule has 0 unspecified atom stereocenters. The maximum atomic E-state index is 12.0. The van der Waals surface area contributed by atoms with E-state index in [0.717, 1.165) is 21.4 Å². The fourth-order valence-corrected chi connectivity index (χ4v) is 3.57. The van der Waals surface area contributed by atoms with Crippen LogP contribution in [0.3, 0.4) is 0 Å². The van der Waals surface area contributed by atoms with Crippen molar-refractivity contribution in [2.24, 2.45) is 5.10 Å². The number of nitrogens with one attached hydrogen (secondary N) is 1. The summed E-state index contributed by atoms with van der Waals surface area (Å²) in [7, 11) is 0. The summed E-state index contributed by atoms with van der Waals surface area (Å²) in [6.07, 6.45) is 1.60. The third kappa shape index (κ3) is 5.43. The van der Waals surface area contributed by atoms with Gasteiger partial charge in [0.25, 0.3) is 5.91 Å². The zero-order valence-electron chi connectivity index (χ0n) is 15.0. The van der Waals surface area contributed by atoms with Gasteiger partial charge in [0.05, 0.1) is 12.0 Å². The van der Waals surface area contributed by atoms with Crippen LogP contribution in [-0.2, 0) is 11.3 Å². The number of halogens is 2. The molecule has 0 spiro atoms. The number of thioether (sulfide) groups is 1. The molecule has 0 aliphatic carbocycles. The van der Waals surface area contributed by atoms with Crippen LogP contribution in [0.15, 0.2) is 63.3 Å². The number of carbonyl (C=O) groups is 1. The molecule has 3 aromatic rings. The van der Waals surface area contributed by atoms with Crippen LogP contribution in [0.1, 0.15) is 12.5 Å². The van der Waals surface area contributed by atoms with Gasteiger partial charge < -0.3 is 4.57 Å². The van der Waals surface area contributed by atoms with Gasteiger partial charge in [-0.2, -0.15) is 5.10 Å². The Labute approximate surface area is 180 Å². The number of hydrogen-bond acceptors (Lipinski definition) is 5. The molecule has 0 saturated heterocycles. The molecular formula is C19H17BrClN5OS. The smallest absolute Gasteiger partial charge is 0.250 e. The molecular weight excluding hydrogens is 462 g/mol. The number of amides is 1. The summed E-state index contributed by atoms with van der Waals surface area (Å²) in [6, 6.07) is 15.0. The molecule has 1 heterocycles. The lowest BCUT2D eigenvalue weighted by atomic mass is 10.2. The van der Waals surface area contributed by atoms with Gasteiger partial charge >= 0.3 is 0 Å². The average Bonchev–Trinajstić information content (AvgIpc) is 3.11. The van der Waals surface area contributed by atoms with Crippen molar-refractivity contribution < 1.29 is 4.79 Å². The first kappa shape index (κ1) is 20.6. The van der Waals surface area contributed by atoms with Gasteiger partial charge in [-0.05, 0) is 48.9 Å². The van der Waals surface area contributed by atoms with Crippen molar-refractivity contribution in [3.8, 4) is 11.4 Å². The van der Waals surface area contributed by atoms with E-state index in [1.54, 1.807) is 6.21 Å². The predicted molar refractivity (Wildman–Crippen MR) is 117 cm³/mol. The van der Waals surface area contributed by atoms with E-state index in [1.807, 2.05) is 60.0 Å².